The summed E-state index contributed by atoms with van der Waals surface area (Å²) < 4.78 is 10.0. The maximum Gasteiger partial charge on any atom is 0.428 e. The second-order valence-corrected chi connectivity index (χ2v) is 5.60. The SMILES string of the molecule is COc1c(C(=O)NN(C)C(=O)OC(C)(C)C)cccc1[N+](=O)[O-]. The number of nitrogens with zero attached hydrogens (tertiary/aromatic N) is 2. The van der Waals surface area contributed by atoms with Crippen molar-refractivity contribution >= 4 is 17.7 Å². The summed E-state index contributed by atoms with van der Waals surface area (Å²) in [5, 5.41) is 11.8. The number of methoxy groups -OCH3 is 1. The van der Waals surface area contributed by atoms with Crippen molar-refractivity contribution in [2.24, 2.45) is 0 Å². The van der Waals surface area contributed by atoms with Crippen molar-refractivity contribution in [3.63, 3.8) is 0 Å². The van der Waals surface area contributed by atoms with Gasteiger partial charge in [-0.2, -0.15) is 0 Å². The highest BCUT2D eigenvalue weighted by molar-refractivity contribution is 5.98. The van der Waals surface area contributed by atoms with E-state index in [1.807, 2.05) is 0 Å². The van der Waals surface area contributed by atoms with Crippen LogP contribution in [0.25, 0.3) is 0 Å². The molecule has 2 amide bonds. The van der Waals surface area contributed by atoms with Crippen LogP contribution in [0.5, 0.6) is 5.75 Å². The first-order valence-corrected chi connectivity index (χ1v) is 6.66. The van der Waals surface area contributed by atoms with Crippen LogP contribution in [0.2, 0.25) is 0 Å². The summed E-state index contributed by atoms with van der Waals surface area (Å²) in [5.41, 5.74) is 1.13. The van der Waals surface area contributed by atoms with E-state index >= 15 is 0 Å². The van der Waals surface area contributed by atoms with E-state index in [4.69, 9.17) is 9.47 Å². The molecule has 126 valence electrons. The van der Waals surface area contributed by atoms with Gasteiger partial charge in [-0.3, -0.25) is 20.3 Å². The molecule has 1 aromatic carbocycles. The summed E-state index contributed by atoms with van der Waals surface area (Å²) in [6, 6.07) is 3.92. The molecule has 9 heteroatoms. The van der Waals surface area contributed by atoms with Crippen LogP contribution in [0, 0.1) is 10.1 Å². The number of ether oxygens (including phenoxy) is 2. The molecule has 0 heterocycles. The second kappa shape index (κ2) is 6.95. The molecule has 0 fully saturated rings. The number of nitro groups is 1. The van der Waals surface area contributed by atoms with E-state index in [-0.39, 0.29) is 17.0 Å². The molecule has 1 rings (SSSR count). The fraction of sp³-hybridized carbons (Fsp3) is 0.429. The van der Waals surface area contributed by atoms with Crippen LogP contribution in [-0.4, -0.2) is 41.7 Å². The van der Waals surface area contributed by atoms with E-state index in [0.29, 0.717) is 0 Å². The van der Waals surface area contributed by atoms with Crippen LogP contribution in [0.15, 0.2) is 18.2 Å². The topological polar surface area (TPSA) is 111 Å². The molecule has 9 nitrogen and oxygen atoms in total. The normalized spacial score (nSPS) is 10.7. The number of hydrogen-bond acceptors (Lipinski definition) is 6. The van der Waals surface area contributed by atoms with Gasteiger partial charge in [0.1, 0.15) is 5.60 Å². The van der Waals surface area contributed by atoms with Crippen LogP contribution in [-0.2, 0) is 4.74 Å². The Hall–Kier alpha value is -2.84. The zero-order valence-electron chi connectivity index (χ0n) is 13.6. The van der Waals surface area contributed by atoms with E-state index in [9.17, 15) is 19.7 Å². The van der Waals surface area contributed by atoms with Gasteiger partial charge < -0.3 is 9.47 Å². The second-order valence-electron chi connectivity index (χ2n) is 5.60. The highest BCUT2D eigenvalue weighted by atomic mass is 16.6. The van der Waals surface area contributed by atoms with E-state index in [2.05, 4.69) is 5.43 Å². The van der Waals surface area contributed by atoms with Crippen molar-refractivity contribution in [3.8, 4) is 5.75 Å². The van der Waals surface area contributed by atoms with Gasteiger partial charge in [-0.15, -0.1) is 0 Å². The highest BCUT2D eigenvalue weighted by Gasteiger charge is 2.25. The van der Waals surface area contributed by atoms with Gasteiger partial charge in [0.25, 0.3) is 5.91 Å². The predicted octanol–water partition coefficient (Wildman–Crippen LogP) is 2.12. The van der Waals surface area contributed by atoms with Gasteiger partial charge >= 0.3 is 11.8 Å². The lowest BCUT2D eigenvalue weighted by molar-refractivity contribution is -0.385. The third-order valence-electron chi connectivity index (χ3n) is 2.58. The number of hydrazine groups is 1. The van der Waals surface area contributed by atoms with Crippen LogP contribution in [0.3, 0.4) is 0 Å². The van der Waals surface area contributed by atoms with Crippen LogP contribution in [0.1, 0.15) is 31.1 Å². The number of nitro benzene ring substituents is 1. The average Bonchev–Trinajstić information content (AvgIpc) is 2.44. The van der Waals surface area contributed by atoms with Crippen LogP contribution >= 0.6 is 0 Å². The lowest BCUT2D eigenvalue weighted by Crippen LogP contribution is -2.45. The van der Waals surface area contributed by atoms with Crippen molar-refractivity contribution < 1.29 is 24.0 Å². The molecule has 0 atom stereocenters. The minimum atomic E-state index is -0.768. The number of hydrogen-bond donors (Lipinski definition) is 1. The summed E-state index contributed by atoms with van der Waals surface area (Å²) in [5.74, 6) is -0.925. The van der Waals surface area contributed by atoms with Crippen molar-refractivity contribution in [2.75, 3.05) is 14.2 Å². The number of benzene rings is 1. The van der Waals surface area contributed by atoms with Gasteiger partial charge in [0.15, 0.2) is 0 Å². The quantitative estimate of drug-likeness (QED) is 0.673. The van der Waals surface area contributed by atoms with Crippen LogP contribution < -0.4 is 10.2 Å². The van der Waals surface area contributed by atoms with Crippen molar-refractivity contribution in [1.82, 2.24) is 10.4 Å². The molecular formula is C14H19N3O6. The molecule has 0 aliphatic rings. The molecule has 23 heavy (non-hydrogen) atoms. The summed E-state index contributed by atoms with van der Waals surface area (Å²) in [7, 11) is 2.52. The maximum atomic E-state index is 12.2. The van der Waals surface area contributed by atoms with Gasteiger partial charge in [0.2, 0.25) is 5.75 Å². The molecule has 1 N–H and O–H groups in total. The van der Waals surface area contributed by atoms with Crippen LogP contribution in [0.4, 0.5) is 10.5 Å². The Labute approximate surface area is 133 Å². The molecule has 0 aromatic heterocycles. The van der Waals surface area contributed by atoms with E-state index in [0.717, 1.165) is 5.01 Å². The number of carbonyl (C=O) groups is 2. The van der Waals surface area contributed by atoms with Crippen molar-refractivity contribution in [1.29, 1.82) is 0 Å². The Morgan fingerprint density at radius 3 is 2.39 bits per heavy atom. The zero-order valence-corrected chi connectivity index (χ0v) is 13.6. The highest BCUT2D eigenvalue weighted by Crippen LogP contribution is 2.30. The molecule has 0 unspecified atom stereocenters. The lowest BCUT2D eigenvalue weighted by Gasteiger charge is -2.24. The van der Waals surface area contributed by atoms with Gasteiger partial charge in [0, 0.05) is 13.1 Å². The Kier molecular flexibility index (Phi) is 5.50. The maximum absolute atomic E-state index is 12.2. The van der Waals surface area contributed by atoms with Gasteiger partial charge in [-0.05, 0) is 26.8 Å². The monoisotopic (exact) mass is 325 g/mol. The Bertz CT molecular complexity index is 623. The first-order chi connectivity index (χ1) is 10.6. The number of rotatable bonds is 3. The van der Waals surface area contributed by atoms with E-state index in [1.165, 1.54) is 32.4 Å². The minimum Gasteiger partial charge on any atom is -0.490 e. The van der Waals surface area contributed by atoms with Gasteiger partial charge in [-0.25, -0.2) is 9.80 Å². The fourth-order valence-corrected chi connectivity index (χ4v) is 1.65. The summed E-state index contributed by atoms with van der Waals surface area (Å²) in [6.07, 6.45) is -0.768. The molecule has 0 bridgehead atoms. The average molecular weight is 325 g/mol. The van der Waals surface area contributed by atoms with E-state index in [1.54, 1.807) is 20.8 Å². The number of amides is 2. The number of nitrogens with one attached hydrogen (secondary N) is 1. The smallest absolute Gasteiger partial charge is 0.428 e. The number of para-hydroxylation sites is 1. The van der Waals surface area contributed by atoms with Gasteiger partial charge in [-0.1, -0.05) is 6.07 Å². The van der Waals surface area contributed by atoms with E-state index < -0.39 is 22.5 Å². The Morgan fingerprint density at radius 1 is 1.30 bits per heavy atom. The Morgan fingerprint density at radius 2 is 1.91 bits per heavy atom. The minimum absolute atomic E-state index is 0.0721. The van der Waals surface area contributed by atoms with Crippen molar-refractivity contribution in [2.45, 2.75) is 26.4 Å². The fourth-order valence-electron chi connectivity index (χ4n) is 1.65. The molecule has 0 radical (unpaired) electrons. The third-order valence-corrected chi connectivity index (χ3v) is 2.58. The molecule has 0 saturated heterocycles. The molecule has 0 aliphatic carbocycles. The first-order valence-electron chi connectivity index (χ1n) is 6.66. The molecule has 0 spiro atoms. The van der Waals surface area contributed by atoms with Gasteiger partial charge in [0.05, 0.1) is 17.6 Å². The summed E-state index contributed by atoms with van der Waals surface area (Å²) in [4.78, 5) is 34.3. The predicted molar refractivity (Wildman–Crippen MR) is 81.1 cm³/mol. The third kappa shape index (κ3) is 4.83. The largest absolute Gasteiger partial charge is 0.490 e. The summed E-state index contributed by atoms with van der Waals surface area (Å²) >= 11 is 0. The molecule has 0 saturated carbocycles. The molecule has 0 aliphatic heterocycles. The first kappa shape index (κ1) is 18.2. The molecular weight excluding hydrogens is 306 g/mol. The number of carbonyl (C=O) groups excluding carboxylic acids is 2. The Balaban J connectivity index is 2.96. The summed E-state index contributed by atoms with van der Waals surface area (Å²) in [6.45, 7) is 5.05. The zero-order chi connectivity index (χ0) is 17.8. The molecule has 1 aromatic rings. The van der Waals surface area contributed by atoms with Crippen molar-refractivity contribution in [3.05, 3.63) is 33.9 Å². The standard InChI is InChI=1S/C14H19N3O6/c1-14(2,3)23-13(19)16(4)15-12(18)9-7-6-8-10(17(20)21)11(9)22-5/h6-8H,1-5H3,(H,15,18). The lowest BCUT2D eigenvalue weighted by atomic mass is 10.1.